The number of nitrogens with zero attached hydrogens (tertiary/aromatic N) is 6. The highest BCUT2D eigenvalue weighted by molar-refractivity contribution is 6.07. The number of hydrogen-bond donors (Lipinski definition) is 1. The van der Waals surface area contributed by atoms with Gasteiger partial charge in [-0.15, -0.1) is 5.11 Å². The zero-order chi connectivity index (χ0) is 11.5. The van der Waals surface area contributed by atoms with Crippen molar-refractivity contribution in [3.05, 3.63) is 36.6 Å². The van der Waals surface area contributed by atoms with Gasteiger partial charge in [0, 0.05) is 6.20 Å². The number of pyridine rings is 1. The molecule has 0 atom stereocenters. The molecule has 1 N–H and O–H groups in total. The average molecular weight is 225 g/mol. The van der Waals surface area contributed by atoms with Gasteiger partial charge < -0.3 is 4.98 Å². The second-order valence-corrected chi connectivity index (χ2v) is 3.20. The highest BCUT2D eigenvalue weighted by atomic mass is 15.2. The quantitative estimate of drug-likeness (QED) is 0.738. The fourth-order valence-corrected chi connectivity index (χ4v) is 1.35. The number of rotatable bonds is 0. The van der Waals surface area contributed by atoms with Crippen LogP contribution in [0.3, 0.4) is 0 Å². The van der Waals surface area contributed by atoms with E-state index >= 15 is 0 Å². The first-order valence-electron chi connectivity index (χ1n) is 4.89. The molecule has 0 radical (unpaired) electrons. The van der Waals surface area contributed by atoms with Crippen molar-refractivity contribution in [3.63, 3.8) is 0 Å². The second kappa shape index (κ2) is 4.05. The van der Waals surface area contributed by atoms with Crippen LogP contribution < -0.4 is 0 Å². The molecule has 0 spiro atoms. The van der Waals surface area contributed by atoms with Crippen molar-refractivity contribution < 1.29 is 0 Å². The maximum Gasteiger partial charge on any atom is 0.203 e. The fourth-order valence-electron chi connectivity index (χ4n) is 1.35. The number of H-pyrrole nitrogens is 1. The summed E-state index contributed by atoms with van der Waals surface area (Å²) >= 11 is 0. The van der Waals surface area contributed by atoms with E-state index in [2.05, 4.69) is 35.2 Å². The molecule has 0 unspecified atom stereocenters. The third-order valence-electron chi connectivity index (χ3n) is 2.13. The standard InChI is InChI=1S/C6H5N3.C4H2N4/c1-2-5-6(7-3-1)9-4-8-5;1-3-4(8-7-1)6-2-5-3/h1-4H,(H,7,8,9);1-2H. The van der Waals surface area contributed by atoms with Gasteiger partial charge in [0.2, 0.25) is 5.84 Å². The number of hydrogen-bond acceptors (Lipinski definition) is 6. The van der Waals surface area contributed by atoms with E-state index in [-0.39, 0.29) is 0 Å². The summed E-state index contributed by atoms with van der Waals surface area (Å²) in [6.45, 7) is 0. The first-order valence-corrected chi connectivity index (χ1v) is 4.89. The van der Waals surface area contributed by atoms with Crippen LogP contribution in [0.5, 0.6) is 0 Å². The number of aromatic amines is 1. The first-order chi connectivity index (χ1) is 8.43. The lowest BCUT2D eigenvalue weighted by Crippen LogP contribution is -1.83. The molecule has 7 heteroatoms. The van der Waals surface area contributed by atoms with Gasteiger partial charge >= 0.3 is 0 Å². The molecule has 17 heavy (non-hydrogen) atoms. The summed E-state index contributed by atoms with van der Waals surface area (Å²) in [5.74, 6) is 0.630. The van der Waals surface area contributed by atoms with Gasteiger partial charge in [-0.05, 0) is 12.1 Å². The normalized spacial score (nSPS) is 15.3. The molecule has 2 aliphatic rings. The van der Waals surface area contributed by atoms with Crippen LogP contribution in [0, 0.1) is 0 Å². The Hall–Kier alpha value is -2.70. The molecular formula is C10H7N7. The number of azo groups is 1. The minimum atomic E-state index is 0.630. The number of aliphatic imine (C=N–C) groups is 2. The smallest absolute Gasteiger partial charge is 0.203 e. The Morgan fingerprint density at radius 2 is 2.18 bits per heavy atom. The summed E-state index contributed by atoms with van der Waals surface area (Å²) in [6.07, 6.45) is 6.42. The van der Waals surface area contributed by atoms with Crippen molar-refractivity contribution in [2.24, 2.45) is 20.2 Å². The Morgan fingerprint density at radius 3 is 3.06 bits per heavy atom. The summed E-state index contributed by atoms with van der Waals surface area (Å²) < 4.78 is 0. The topological polar surface area (TPSA) is 91.0 Å². The van der Waals surface area contributed by atoms with E-state index in [0.29, 0.717) is 5.84 Å². The van der Waals surface area contributed by atoms with Crippen molar-refractivity contribution in [2.75, 3.05) is 0 Å². The Labute approximate surface area is 95.8 Å². The van der Waals surface area contributed by atoms with E-state index in [0.717, 1.165) is 16.9 Å². The largest absolute Gasteiger partial charge is 0.343 e. The maximum atomic E-state index is 4.00. The van der Waals surface area contributed by atoms with Gasteiger partial charge in [0.25, 0.3) is 0 Å². The van der Waals surface area contributed by atoms with Crippen LogP contribution in [0.15, 0.2) is 56.8 Å². The van der Waals surface area contributed by atoms with E-state index in [1.807, 2.05) is 12.1 Å². The molecule has 2 aliphatic heterocycles. The van der Waals surface area contributed by atoms with Gasteiger partial charge in [0.15, 0.2) is 5.65 Å². The van der Waals surface area contributed by atoms with Gasteiger partial charge in [-0.25, -0.2) is 20.0 Å². The minimum absolute atomic E-state index is 0.630. The molecule has 0 fully saturated rings. The van der Waals surface area contributed by atoms with Crippen molar-refractivity contribution in [3.8, 4) is 0 Å². The number of fused-ring (bicyclic) bond motifs is 2. The summed E-state index contributed by atoms with van der Waals surface area (Å²) in [5, 5.41) is 7.24. The Kier molecular flexibility index (Phi) is 2.27. The van der Waals surface area contributed by atoms with Gasteiger partial charge in [-0.3, -0.25) is 0 Å². The highest BCUT2D eigenvalue weighted by Gasteiger charge is 2.12. The van der Waals surface area contributed by atoms with Gasteiger partial charge in [0.1, 0.15) is 12.0 Å². The SMILES string of the molecule is C1=NC2=CN=NC2=N1.c1cnc2nc[nH]c2c1. The minimum Gasteiger partial charge on any atom is -0.343 e. The lowest BCUT2D eigenvalue weighted by atomic mass is 10.4. The monoisotopic (exact) mass is 225 g/mol. The molecule has 0 saturated heterocycles. The van der Waals surface area contributed by atoms with E-state index in [1.54, 1.807) is 18.7 Å². The number of aromatic nitrogens is 3. The molecule has 0 aromatic carbocycles. The second-order valence-electron chi connectivity index (χ2n) is 3.20. The predicted octanol–water partition coefficient (Wildman–Crippen LogP) is 1.69. The number of imidazole rings is 1. The maximum absolute atomic E-state index is 4.00. The van der Waals surface area contributed by atoms with Crippen LogP contribution in [0.4, 0.5) is 0 Å². The van der Waals surface area contributed by atoms with E-state index < -0.39 is 0 Å². The molecule has 2 aromatic rings. The Morgan fingerprint density at radius 1 is 1.18 bits per heavy atom. The zero-order valence-corrected chi connectivity index (χ0v) is 8.65. The van der Waals surface area contributed by atoms with Gasteiger partial charge in [0.05, 0.1) is 18.0 Å². The van der Waals surface area contributed by atoms with Crippen molar-refractivity contribution in [2.45, 2.75) is 0 Å². The molecule has 2 aromatic heterocycles. The third kappa shape index (κ3) is 1.85. The first kappa shape index (κ1) is 9.52. The van der Waals surface area contributed by atoms with Gasteiger partial charge in [-0.1, -0.05) is 0 Å². The zero-order valence-electron chi connectivity index (χ0n) is 8.65. The van der Waals surface area contributed by atoms with Crippen LogP contribution in [-0.4, -0.2) is 27.1 Å². The summed E-state index contributed by atoms with van der Waals surface area (Å²) in [7, 11) is 0. The summed E-state index contributed by atoms with van der Waals surface area (Å²) in [6, 6.07) is 3.82. The van der Waals surface area contributed by atoms with Crippen LogP contribution in [0.1, 0.15) is 0 Å². The summed E-state index contributed by atoms with van der Waals surface area (Å²) in [5.41, 5.74) is 2.53. The van der Waals surface area contributed by atoms with Gasteiger partial charge in [-0.2, -0.15) is 5.11 Å². The molecular weight excluding hydrogens is 218 g/mol. The number of amidine groups is 1. The third-order valence-corrected chi connectivity index (χ3v) is 2.13. The average Bonchev–Trinajstić information content (AvgIpc) is 3.06. The molecule has 0 bridgehead atoms. The Balaban J connectivity index is 0.000000107. The predicted molar refractivity (Wildman–Crippen MR) is 62.8 cm³/mol. The lowest BCUT2D eigenvalue weighted by Gasteiger charge is -1.80. The fraction of sp³-hybridized carbons (Fsp3) is 0. The molecule has 7 nitrogen and oxygen atoms in total. The molecule has 4 rings (SSSR count). The molecule has 4 heterocycles. The van der Waals surface area contributed by atoms with E-state index in [1.165, 1.54) is 6.34 Å². The Bertz CT molecular complexity index is 606. The molecule has 0 saturated carbocycles. The van der Waals surface area contributed by atoms with Crippen molar-refractivity contribution >= 4 is 23.3 Å². The summed E-state index contributed by atoms with van der Waals surface area (Å²) in [4.78, 5) is 18.5. The van der Waals surface area contributed by atoms with E-state index in [4.69, 9.17) is 0 Å². The highest BCUT2D eigenvalue weighted by Crippen LogP contribution is 2.12. The van der Waals surface area contributed by atoms with Crippen LogP contribution in [0.25, 0.3) is 11.2 Å². The molecule has 0 aliphatic carbocycles. The van der Waals surface area contributed by atoms with Crippen LogP contribution in [0.2, 0.25) is 0 Å². The van der Waals surface area contributed by atoms with Crippen molar-refractivity contribution in [1.82, 2.24) is 15.0 Å². The number of nitrogens with one attached hydrogen (secondary N) is 1. The molecule has 0 amide bonds. The van der Waals surface area contributed by atoms with Crippen LogP contribution >= 0.6 is 0 Å². The van der Waals surface area contributed by atoms with Crippen molar-refractivity contribution in [1.29, 1.82) is 0 Å². The molecule has 82 valence electrons. The van der Waals surface area contributed by atoms with Crippen LogP contribution in [-0.2, 0) is 0 Å². The van der Waals surface area contributed by atoms with E-state index in [9.17, 15) is 0 Å². The lowest BCUT2D eigenvalue weighted by molar-refractivity contribution is 1.30.